The summed E-state index contributed by atoms with van der Waals surface area (Å²) in [6.07, 6.45) is 1.10. The quantitative estimate of drug-likeness (QED) is 0.718. The molecule has 1 aliphatic rings. The van der Waals surface area contributed by atoms with Crippen molar-refractivity contribution in [3.63, 3.8) is 0 Å². The first kappa shape index (κ1) is 17.0. The van der Waals surface area contributed by atoms with Crippen LogP contribution in [-0.4, -0.2) is 19.0 Å². The zero-order chi connectivity index (χ0) is 17.8. The molecule has 1 aliphatic heterocycles. The number of quaternary nitrogens is 1. The molecular formula is C22H23N2OS+. The highest BCUT2D eigenvalue weighted by molar-refractivity contribution is 7.10. The van der Waals surface area contributed by atoms with Gasteiger partial charge in [0.15, 0.2) is 0 Å². The number of rotatable bonds is 5. The first-order chi connectivity index (χ1) is 12.8. The van der Waals surface area contributed by atoms with Crippen LogP contribution in [0.15, 0.2) is 72.1 Å². The Morgan fingerprint density at radius 1 is 1.00 bits per heavy atom. The molecule has 0 radical (unpaired) electrons. The number of hydrogen-bond donors (Lipinski definition) is 2. The maximum atomic E-state index is 12.5. The second kappa shape index (κ2) is 7.85. The highest BCUT2D eigenvalue weighted by Crippen LogP contribution is 2.19. The van der Waals surface area contributed by atoms with Crippen molar-refractivity contribution in [2.75, 3.05) is 13.1 Å². The van der Waals surface area contributed by atoms with E-state index in [2.05, 4.69) is 47.1 Å². The van der Waals surface area contributed by atoms with Crippen molar-refractivity contribution in [2.45, 2.75) is 19.0 Å². The summed E-state index contributed by atoms with van der Waals surface area (Å²) in [5.41, 5.74) is 3.62. The number of carbonyl (C=O) groups excluding carboxylic acids is 1. The van der Waals surface area contributed by atoms with E-state index in [9.17, 15) is 4.79 Å². The fraction of sp³-hybridized carbons (Fsp3) is 0.227. The summed E-state index contributed by atoms with van der Waals surface area (Å²) >= 11 is 1.78. The summed E-state index contributed by atoms with van der Waals surface area (Å²) in [5.74, 6) is 0.00367. The van der Waals surface area contributed by atoms with Crippen LogP contribution in [-0.2, 0) is 13.0 Å². The number of thiophene rings is 1. The van der Waals surface area contributed by atoms with Crippen LogP contribution in [0, 0.1) is 0 Å². The molecule has 0 aliphatic carbocycles. The topological polar surface area (TPSA) is 33.5 Å². The number of nitrogens with one attached hydrogen (secondary N) is 2. The van der Waals surface area contributed by atoms with Crippen molar-refractivity contribution in [1.29, 1.82) is 0 Å². The lowest BCUT2D eigenvalue weighted by molar-refractivity contribution is -0.945. The molecule has 2 atom stereocenters. The third-order valence-electron chi connectivity index (χ3n) is 5.13. The van der Waals surface area contributed by atoms with E-state index in [0.29, 0.717) is 6.54 Å². The van der Waals surface area contributed by atoms with Crippen molar-refractivity contribution in [2.24, 2.45) is 0 Å². The Morgan fingerprint density at radius 2 is 1.77 bits per heavy atom. The van der Waals surface area contributed by atoms with Crippen molar-refractivity contribution in [3.8, 4) is 0 Å². The lowest BCUT2D eigenvalue weighted by Crippen LogP contribution is -3.12. The summed E-state index contributed by atoms with van der Waals surface area (Å²) in [5, 5.41) is 5.28. The summed E-state index contributed by atoms with van der Waals surface area (Å²) < 4.78 is 0. The van der Waals surface area contributed by atoms with Crippen LogP contribution in [0.25, 0.3) is 0 Å². The van der Waals surface area contributed by atoms with Gasteiger partial charge in [0.05, 0.1) is 18.0 Å². The van der Waals surface area contributed by atoms with Gasteiger partial charge in [-0.3, -0.25) is 4.79 Å². The SMILES string of the molecule is O=C(NC[C@H](c1cccs1)[NH+]1CCc2ccccc2C1)c1ccccc1. The van der Waals surface area contributed by atoms with Crippen LogP contribution in [0.4, 0.5) is 0 Å². The van der Waals surface area contributed by atoms with Crippen molar-refractivity contribution in [3.05, 3.63) is 93.7 Å². The van der Waals surface area contributed by atoms with E-state index in [0.717, 1.165) is 25.1 Å². The maximum Gasteiger partial charge on any atom is 0.251 e. The molecular weight excluding hydrogens is 340 g/mol. The number of carbonyl (C=O) groups is 1. The molecule has 0 spiro atoms. The van der Waals surface area contributed by atoms with E-state index in [1.54, 1.807) is 11.3 Å². The standard InChI is InChI=1S/C22H22N2OS/c25-22(18-8-2-1-3-9-18)23-15-20(21-11-6-14-26-21)24-13-12-17-7-4-5-10-19(17)16-24/h1-11,14,20H,12-13,15-16H2,(H,23,25)/p+1/t20-/m1/s1. The van der Waals surface area contributed by atoms with E-state index >= 15 is 0 Å². The van der Waals surface area contributed by atoms with E-state index in [4.69, 9.17) is 0 Å². The Labute approximate surface area is 158 Å². The summed E-state index contributed by atoms with van der Waals surface area (Å²) in [6.45, 7) is 2.77. The van der Waals surface area contributed by atoms with E-state index in [1.807, 2.05) is 30.3 Å². The molecule has 0 saturated carbocycles. The van der Waals surface area contributed by atoms with Crippen LogP contribution in [0.2, 0.25) is 0 Å². The van der Waals surface area contributed by atoms with Gasteiger partial charge in [0.25, 0.3) is 5.91 Å². The fourth-order valence-corrected chi connectivity index (χ4v) is 4.61. The smallest absolute Gasteiger partial charge is 0.251 e. The molecule has 1 aromatic heterocycles. The molecule has 4 heteroatoms. The Balaban J connectivity index is 1.50. The summed E-state index contributed by atoms with van der Waals surface area (Å²) in [7, 11) is 0. The molecule has 132 valence electrons. The molecule has 0 saturated heterocycles. The third-order valence-corrected chi connectivity index (χ3v) is 6.12. The van der Waals surface area contributed by atoms with E-state index in [-0.39, 0.29) is 11.9 Å². The minimum absolute atomic E-state index is 0.00367. The monoisotopic (exact) mass is 363 g/mol. The molecule has 4 rings (SSSR count). The van der Waals surface area contributed by atoms with E-state index < -0.39 is 0 Å². The van der Waals surface area contributed by atoms with Gasteiger partial charge in [0.1, 0.15) is 12.6 Å². The number of benzene rings is 2. The first-order valence-corrected chi connectivity index (χ1v) is 9.97. The molecule has 3 aromatic rings. The molecule has 2 heterocycles. The highest BCUT2D eigenvalue weighted by atomic mass is 32.1. The van der Waals surface area contributed by atoms with Crippen LogP contribution in [0.1, 0.15) is 32.4 Å². The predicted molar refractivity (Wildman–Crippen MR) is 106 cm³/mol. The van der Waals surface area contributed by atoms with Crippen LogP contribution in [0.3, 0.4) is 0 Å². The van der Waals surface area contributed by atoms with Gasteiger partial charge in [-0.1, -0.05) is 48.5 Å². The third kappa shape index (κ3) is 3.71. The number of fused-ring (bicyclic) bond motifs is 1. The molecule has 2 aromatic carbocycles. The average molecular weight is 364 g/mol. The first-order valence-electron chi connectivity index (χ1n) is 9.09. The fourth-order valence-electron chi connectivity index (χ4n) is 3.72. The van der Waals surface area contributed by atoms with Gasteiger partial charge in [0.2, 0.25) is 0 Å². The van der Waals surface area contributed by atoms with E-state index in [1.165, 1.54) is 20.9 Å². The molecule has 1 amide bonds. The Hall–Kier alpha value is -2.43. The van der Waals surface area contributed by atoms with Crippen molar-refractivity contribution >= 4 is 17.2 Å². The molecule has 0 bridgehead atoms. The van der Waals surface area contributed by atoms with Crippen LogP contribution in [0.5, 0.6) is 0 Å². The maximum absolute atomic E-state index is 12.5. The van der Waals surface area contributed by atoms with Gasteiger partial charge in [-0.15, -0.1) is 11.3 Å². The van der Waals surface area contributed by atoms with Crippen LogP contribution >= 0.6 is 11.3 Å². The Bertz CT molecular complexity index is 861. The zero-order valence-electron chi connectivity index (χ0n) is 14.7. The molecule has 1 unspecified atom stereocenters. The summed E-state index contributed by atoms with van der Waals surface area (Å²) in [6, 6.07) is 22.8. The normalized spacial score (nSPS) is 17.3. The molecule has 26 heavy (non-hydrogen) atoms. The number of hydrogen-bond acceptors (Lipinski definition) is 2. The van der Waals surface area contributed by atoms with Gasteiger partial charge in [0, 0.05) is 17.5 Å². The lowest BCUT2D eigenvalue weighted by atomic mass is 9.98. The lowest BCUT2D eigenvalue weighted by Gasteiger charge is -2.32. The zero-order valence-corrected chi connectivity index (χ0v) is 15.5. The Morgan fingerprint density at radius 3 is 2.54 bits per heavy atom. The second-order valence-corrected chi connectivity index (χ2v) is 7.73. The molecule has 2 N–H and O–H groups in total. The molecule has 3 nitrogen and oxygen atoms in total. The average Bonchev–Trinajstić information content (AvgIpc) is 3.23. The van der Waals surface area contributed by atoms with Gasteiger partial charge in [-0.25, -0.2) is 0 Å². The highest BCUT2D eigenvalue weighted by Gasteiger charge is 2.29. The van der Waals surface area contributed by atoms with Gasteiger partial charge < -0.3 is 10.2 Å². The second-order valence-electron chi connectivity index (χ2n) is 6.75. The minimum atomic E-state index is 0.00367. The van der Waals surface area contributed by atoms with Gasteiger partial charge >= 0.3 is 0 Å². The largest absolute Gasteiger partial charge is 0.346 e. The Kier molecular flexibility index (Phi) is 5.14. The van der Waals surface area contributed by atoms with Crippen molar-refractivity contribution in [1.82, 2.24) is 5.32 Å². The minimum Gasteiger partial charge on any atom is -0.346 e. The number of amides is 1. The predicted octanol–water partition coefficient (Wildman–Crippen LogP) is 2.86. The van der Waals surface area contributed by atoms with Gasteiger partial charge in [-0.2, -0.15) is 0 Å². The van der Waals surface area contributed by atoms with Crippen molar-refractivity contribution < 1.29 is 9.69 Å². The summed E-state index contributed by atoms with van der Waals surface area (Å²) in [4.78, 5) is 15.4. The molecule has 0 fully saturated rings. The van der Waals surface area contributed by atoms with Crippen LogP contribution < -0.4 is 10.2 Å². The van der Waals surface area contributed by atoms with Gasteiger partial charge in [-0.05, 0) is 29.1 Å².